The highest BCUT2D eigenvalue weighted by Gasteiger charge is 2.14. The van der Waals surface area contributed by atoms with Crippen LogP contribution in [0.5, 0.6) is 0 Å². The summed E-state index contributed by atoms with van der Waals surface area (Å²) in [6.45, 7) is 5.14. The molecule has 0 fully saturated rings. The Balaban J connectivity index is 3.47. The van der Waals surface area contributed by atoms with E-state index < -0.39 is 6.04 Å². The van der Waals surface area contributed by atoms with Crippen molar-refractivity contribution in [3.63, 3.8) is 0 Å². The number of hydrogen-bond acceptors (Lipinski definition) is 5. The van der Waals surface area contributed by atoms with Crippen LogP contribution in [0.4, 0.5) is 0 Å². The van der Waals surface area contributed by atoms with Crippen LogP contribution in [-0.2, 0) is 19.0 Å². The summed E-state index contributed by atoms with van der Waals surface area (Å²) in [6, 6.07) is -0.561. The van der Waals surface area contributed by atoms with Gasteiger partial charge in [-0.3, -0.25) is 4.79 Å². The molecule has 1 atom stereocenters. The van der Waals surface area contributed by atoms with Gasteiger partial charge >= 0.3 is 5.97 Å². The molecule has 0 radical (unpaired) electrons. The van der Waals surface area contributed by atoms with E-state index in [1.54, 1.807) is 7.11 Å². The van der Waals surface area contributed by atoms with E-state index in [0.29, 0.717) is 19.6 Å². The molecule has 96 valence electrons. The summed E-state index contributed by atoms with van der Waals surface area (Å²) in [6.07, 6.45) is 1.49. The number of carbonyl (C=O) groups is 1. The average molecular weight is 233 g/mol. The summed E-state index contributed by atoms with van der Waals surface area (Å²) in [5, 5.41) is 0. The van der Waals surface area contributed by atoms with E-state index in [0.717, 1.165) is 6.42 Å². The first-order valence-corrected chi connectivity index (χ1v) is 5.60. The van der Waals surface area contributed by atoms with Crippen LogP contribution in [0.1, 0.15) is 26.7 Å². The topological polar surface area (TPSA) is 70.8 Å². The molecule has 16 heavy (non-hydrogen) atoms. The second-order valence-corrected chi connectivity index (χ2v) is 3.83. The Labute approximate surface area is 97.2 Å². The van der Waals surface area contributed by atoms with E-state index in [-0.39, 0.29) is 18.7 Å². The van der Waals surface area contributed by atoms with Crippen molar-refractivity contribution in [1.29, 1.82) is 0 Å². The standard InChI is InChI=1S/C11H23NO4/c1-9(2)15-7-8-16-11(13)10(12)5-4-6-14-3/h9-10H,4-8,12H2,1-3H3. The van der Waals surface area contributed by atoms with E-state index in [1.165, 1.54) is 0 Å². The van der Waals surface area contributed by atoms with Crippen LogP contribution in [0.25, 0.3) is 0 Å². The van der Waals surface area contributed by atoms with E-state index in [9.17, 15) is 4.79 Å². The van der Waals surface area contributed by atoms with Gasteiger partial charge in [-0.15, -0.1) is 0 Å². The van der Waals surface area contributed by atoms with Gasteiger partial charge in [-0.05, 0) is 26.7 Å². The predicted molar refractivity (Wildman–Crippen MR) is 61.1 cm³/mol. The van der Waals surface area contributed by atoms with E-state index >= 15 is 0 Å². The summed E-state index contributed by atoms with van der Waals surface area (Å²) in [4.78, 5) is 11.3. The molecule has 5 heteroatoms. The van der Waals surface area contributed by atoms with Crippen molar-refractivity contribution in [3.8, 4) is 0 Å². The molecule has 5 nitrogen and oxygen atoms in total. The first kappa shape index (κ1) is 15.3. The average Bonchev–Trinajstić information content (AvgIpc) is 2.24. The van der Waals surface area contributed by atoms with Crippen LogP contribution in [-0.4, -0.2) is 45.0 Å². The van der Waals surface area contributed by atoms with Gasteiger partial charge in [0.15, 0.2) is 0 Å². The van der Waals surface area contributed by atoms with Crippen LogP contribution in [0.3, 0.4) is 0 Å². The van der Waals surface area contributed by atoms with Crippen molar-refractivity contribution in [2.45, 2.75) is 38.8 Å². The van der Waals surface area contributed by atoms with Crippen molar-refractivity contribution in [2.75, 3.05) is 26.9 Å². The quantitative estimate of drug-likeness (QED) is 0.469. The number of nitrogens with two attached hydrogens (primary N) is 1. The number of rotatable bonds is 9. The maximum Gasteiger partial charge on any atom is 0.322 e. The number of esters is 1. The SMILES string of the molecule is COCCCC(N)C(=O)OCCOC(C)C. The summed E-state index contributed by atoms with van der Waals surface area (Å²) in [5.74, 6) is -0.372. The van der Waals surface area contributed by atoms with Gasteiger partial charge in [0.2, 0.25) is 0 Å². The molecule has 0 aromatic carbocycles. The Kier molecular flexibility index (Phi) is 9.18. The second-order valence-electron chi connectivity index (χ2n) is 3.83. The minimum absolute atomic E-state index is 0.147. The third-order valence-electron chi connectivity index (χ3n) is 1.95. The Morgan fingerprint density at radius 1 is 1.25 bits per heavy atom. The van der Waals surface area contributed by atoms with Gasteiger partial charge in [0.05, 0.1) is 12.7 Å². The fourth-order valence-electron chi connectivity index (χ4n) is 1.10. The molecule has 0 saturated carbocycles. The fourth-order valence-corrected chi connectivity index (χ4v) is 1.10. The summed E-state index contributed by atoms with van der Waals surface area (Å²) < 4.78 is 15.1. The highest BCUT2D eigenvalue weighted by atomic mass is 16.6. The molecule has 0 aliphatic carbocycles. The lowest BCUT2D eigenvalue weighted by Crippen LogP contribution is -2.33. The smallest absolute Gasteiger partial charge is 0.322 e. The summed E-state index contributed by atoms with van der Waals surface area (Å²) in [5.41, 5.74) is 5.63. The molecule has 0 aromatic rings. The van der Waals surface area contributed by atoms with Crippen LogP contribution in [0, 0.1) is 0 Å². The minimum atomic E-state index is -0.561. The lowest BCUT2D eigenvalue weighted by molar-refractivity contribution is -0.147. The van der Waals surface area contributed by atoms with Gasteiger partial charge in [-0.2, -0.15) is 0 Å². The Morgan fingerprint density at radius 2 is 1.94 bits per heavy atom. The van der Waals surface area contributed by atoms with Gasteiger partial charge < -0.3 is 19.9 Å². The predicted octanol–water partition coefficient (Wildman–Crippen LogP) is 0.709. The van der Waals surface area contributed by atoms with E-state index in [4.69, 9.17) is 19.9 Å². The van der Waals surface area contributed by atoms with E-state index in [1.807, 2.05) is 13.8 Å². The number of carbonyl (C=O) groups excluding carboxylic acids is 1. The van der Waals surface area contributed by atoms with Crippen molar-refractivity contribution in [2.24, 2.45) is 5.73 Å². The van der Waals surface area contributed by atoms with Crippen LogP contribution < -0.4 is 5.73 Å². The van der Waals surface area contributed by atoms with Gasteiger partial charge in [0.25, 0.3) is 0 Å². The highest BCUT2D eigenvalue weighted by molar-refractivity contribution is 5.75. The Hall–Kier alpha value is -0.650. The summed E-state index contributed by atoms with van der Waals surface area (Å²) >= 11 is 0. The van der Waals surface area contributed by atoms with Crippen LogP contribution in [0.15, 0.2) is 0 Å². The highest BCUT2D eigenvalue weighted by Crippen LogP contribution is 1.98. The first-order chi connectivity index (χ1) is 7.57. The zero-order valence-corrected chi connectivity index (χ0v) is 10.4. The monoisotopic (exact) mass is 233 g/mol. The molecular weight excluding hydrogens is 210 g/mol. The number of ether oxygens (including phenoxy) is 3. The molecule has 0 bridgehead atoms. The molecule has 0 aliphatic heterocycles. The molecule has 0 rings (SSSR count). The molecule has 0 spiro atoms. The second kappa shape index (κ2) is 9.57. The van der Waals surface area contributed by atoms with Gasteiger partial charge in [0.1, 0.15) is 12.6 Å². The number of hydrogen-bond donors (Lipinski definition) is 1. The summed E-state index contributed by atoms with van der Waals surface area (Å²) in [7, 11) is 1.62. The Morgan fingerprint density at radius 3 is 2.50 bits per heavy atom. The normalized spacial score (nSPS) is 12.8. The molecule has 1 unspecified atom stereocenters. The fraction of sp³-hybridized carbons (Fsp3) is 0.909. The minimum Gasteiger partial charge on any atom is -0.462 e. The third kappa shape index (κ3) is 8.64. The molecule has 0 heterocycles. The lowest BCUT2D eigenvalue weighted by atomic mass is 10.2. The molecule has 0 saturated heterocycles. The van der Waals surface area contributed by atoms with Crippen LogP contribution >= 0.6 is 0 Å². The third-order valence-corrected chi connectivity index (χ3v) is 1.95. The van der Waals surface area contributed by atoms with E-state index in [2.05, 4.69) is 0 Å². The van der Waals surface area contributed by atoms with Gasteiger partial charge in [-0.1, -0.05) is 0 Å². The largest absolute Gasteiger partial charge is 0.462 e. The molecule has 0 amide bonds. The number of methoxy groups -OCH3 is 1. The maximum atomic E-state index is 11.3. The molecule has 2 N–H and O–H groups in total. The van der Waals surface area contributed by atoms with Crippen molar-refractivity contribution >= 4 is 5.97 Å². The zero-order valence-electron chi connectivity index (χ0n) is 10.4. The first-order valence-electron chi connectivity index (χ1n) is 5.60. The van der Waals surface area contributed by atoms with Crippen LogP contribution in [0.2, 0.25) is 0 Å². The maximum absolute atomic E-state index is 11.3. The van der Waals surface area contributed by atoms with Gasteiger partial charge in [-0.25, -0.2) is 0 Å². The molecule has 0 aliphatic rings. The zero-order chi connectivity index (χ0) is 12.4. The molecular formula is C11H23NO4. The lowest BCUT2D eigenvalue weighted by Gasteiger charge is -2.12. The van der Waals surface area contributed by atoms with Crippen molar-refractivity contribution in [3.05, 3.63) is 0 Å². The van der Waals surface area contributed by atoms with Crippen molar-refractivity contribution in [1.82, 2.24) is 0 Å². The van der Waals surface area contributed by atoms with Gasteiger partial charge in [0, 0.05) is 13.7 Å². The molecule has 0 aromatic heterocycles. The Bertz CT molecular complexity index is 185. The van der Waals surface area contributed by atoms with Crippen molar-refractivity contribution < 1.29 is 19.0 Å².